The zero-order valence-corrected chi connectivity index (χ0v) is 17.4. The molecule has 0 amide bonds. The normalized spacial score (nSPS) is 14.3. The number of nitrogens with zero attached hydrogens (tertiary/aromatic N) is 2. The van der Waals surface area contributed by atoms with Crippen molar-refractivity contribution in [3.05, 3.63) is 74.2 Å². The van der Waals surface area contributed by atoms with Gasteiger partial charge in [-0.2, -0.15) is 0 Å². The second kappa shape index (κ2) is 6.94. The molecular formula is C21H18BrN3OS. The van der Waals surface area contributed by atoms with Crippen LogP contribution in [0.25, 0.3) is 16.8 Å². The van der Waals surface area contributed by atoms with Crippen LogP contribution in [0.3, 0.4) is 0 Å². The fourth-order valence-electron chi connectivity index (χ4n) is 3.09. The maximum atomic E-state index is 10.5. The molecule has 0 saturated carbocycles. The second-order valence-corrected chi connectivity index (χ2v) is 8.35. The van der Waals surface area contributed by atoms with Crippen molar-refractivity contribution in [1.29, 1.82) is 5.41 Å². The number of halogens is 1. The summed E-state index contributed by atoms with van der Waals surface area (Å²) in [4.78, 5) is 6.49. The number of aliphatic hydroxyl groups excluding tert-OH is 1. The number of hydrogen-bond donors (Lipinski definition) is 2. The van der Waals surface area contributed by atoms with Gasteiger partial charge in [-0.15, -0.1) is 11.3 Å². The molecule has 2 aromatic carbocycles. The summed E-state index contributed by atoms with van der Waals surface area (Å²) in [6.45, 7) is 4.46. The summed E-state index contributed by atoms with van der Waals surface area (Å²) < 4.78 is 0.937. The Bertz CT molecular complexity index is 1090. The minimum atomic E-state index is 0.181. The summed E-state index contributed by atoms with van der Waals surface area (Å²) in [6, 6.07) is 14.0. The molecule has 2 N–H and O–H groups in total. The minimum Gasteiger partial charge on any atom is -0.510 e. The highest BCUT2D eigenvalue weighted by molar-refractivity contribution is 9.10. The molecule has 0 spiro atoms. The summed E-state index contributed by atoms with van der Waals surface area (Å²) in [5, 5.41) is 21.8. The molecular weight excluding hydrogens is 422 g/mol. The van der Waals surface area contributed by atoms with Crippen molar-refractivity contribution in [2.75, 3.05) is 11.4 Å². The van der Waals surface area contributed by atoms with Crippen LogP contribution >= 0.6 is 27.3 Å². The predicted octanol–water partition coefficient (Wildman–Crippen LogP) is 5.96. The Hall–Kier alpha value is -2.44. The molecule has 0 saturated heterocycles. The van der Waals surface area contributed by atoms with Gasteiger partial charge in [0.15, 0.2) is 0 Å². The molecule has 0 aliphatic carbocycles. The van der Waals surface area contributed by atoms with Gasteiger partial charge in [0.1, 0.15) is 16.6 Å². The molecule has 4 rings (SSSR count). The third-order valence-electron chi connectivity index (χ3n) is 4.74. The van der Waals surface area contributed by atoms with Gasteiger partial charge in [0.2, 0.25) is 0 Å². The average Bonchev–Trinajstić information content (AvgIpc) is 3.22. The molecule has 4 nitrogen and oxygen atoms in total. The third kappa shape index (κ3) is 3.31. The van der Waals surface area contributed by atoms with E-state index in [0.29, 0.717) is 10.6 Å². The first-order valence-electron chi connectivity index (χ1n) is 8.51. The predicted molar refractivity (Wildman–Crippen MR) is 116 cm³/mol. The molecule has 136 valence electrons. The monoisotopic (exact) mass is 439 g/mol. The highest BCUT2D eigenvalue weighted by Crippen LogP contribution is 2.35. The number of aliphatic hydroxyl groups is 1. The van der Waals surface area contributed by atoms with E-state index in [1.54, 1.807) is 4.90 Å². The topological polar surface area (TPSA) is 60.2 Å². The molecule has 0 bridgehead atoms. The first kappa shape index (κ1) is 17.9. The fourth-order valence-corrected chi connectivity index (χ4v) is 4.37. The van der Waals surface area contributed by atoms with Gasteiger partial charge in [0, 0.05) is 21.1 Å². The molecule has 1 aromatic heterocycles. The number of anilines is 1. The standard InChI is InChI=1S/C21H18BrN3OS/c1-12-6-7-14(8-13(12)2)17-11-27-21(24-17)19-18(26)10-25(20(19)23)16-5-3-4-15(22)9-16/h3-9,11,23,26H,10H2,1-2H3. The molecule has 1 aliphatic rings. The summed E-state index contributed by atoms with van der Waals surface area (Å²) in [6.07, 6.45) is 0. The molecule has 0 fully saturated rings. The van der Waals surface area contributed by atoms with Crippen molar-refractivity contribution in [2.45, 2.75) is 13.8 Å². The highest BCUT2D eigenvalue weighted by Gasteiger charge is 2.31. The molecule has 0 atom stereocenters. The van der Waals surface area contributed by atoms with Crippen molar-refractivity contribution in [2.24, 2.45) is 0 Å². The van der Waals surface area contributed by atoms with Gasteiger partial charge < -0.3 is 10.0 Å². The largest absolute Gasteiger partial charge is 0.510 e. The van der Waals surface area contributed by atoms with Crippen LogP contribution in [0.15, 0.2) is 58.1 Å². The number of aryl methyl sites for hydroxylation is 2. The first-order valence-corrected chi connectivity index (χ1v) is 10.2. The van der Waals surface area contributed by atoms with Crippen LogP contribution in [-0.4, -0.2) is 22.5 Å². The van der Waals surface area contributed by atoms with Gasteiger partial charge in [-0.25, -0.2) is 4.98 Å². The molecule has 27 heavy (non-hydrogen) atoms. The second-order valence-electron chi connectivity index (χ2n) is 6.57. The Morgan fingerprint density at radius 1 is 1.15 bits per heavy atom. The Morgan fingerprint density at radius 2 is 1.96 bits per heavy atom. The van der Waals surface area contributed by atoms with Crippen LogP contribution in [0.5, 0.6) is 0 Å². The van der Waals surface area contributed by atoms with E-state index in [1.807, 2.05) is 29.6 Å². The summed E-state index contributed by atoms with van der Waals surface area (Å²) in [5.41, 5.74) is 5.76. The minimum absolute atomic E-state index is 0.181. The zero-order chi connectivity index (χ0) is 19.1. The van der Waals surface area contributed by atoms with Crippen molar-refractivity contribution in [1.82, 2.24) is 4.98 Å². The molecule has 0 radical (unpaired) electrons. The van der Waals surface area contributed by atoms with E-state index in [9.17, 15) is 5.11 Å². The third-order valence-corrected chi connectivity index (χ3v) is 6.10. The number of aromatic nitrogens is 1. The van der Waals surface area contributed by atoms with E-state index in [-0.39, 0.29) is 18.1 Å². The molecule has 3 aromatic rings. The van der Waals surface area contributed by atoms with Crippen LogP contribution in [0.2, 0.25) is 0 Å². The Kier molecular flexibility index (Phi) is 4.61. The van der Waals surface area contributed by atoms with Gasteiger partial charge in [-0.05, 0) is 49.2 Å². The number of nitrogens with one attached hydrogen (secondary N) is 1. The van der Waals surface area contributed by atoms with Gasteiger partial charge in [-0.3, -0.25) is 5.41 Å². The fraction of sp³-hybridized carbons (Fsp3) is 0.143. The highest BCUT2D eigenvalue weighted by atomic mass is 79.9. The Morgan fingerprint density at radius 3 is 2.70 bits per heavy atom. The average molecular weight is 440 g/mol. The summed E-state index contributed by atoms with van der Waals surface area (Å²) in [7, 11) is 0. The van der Waals surface area contributed by atoms with Crippen LogP contribution in [0.4, 0.5) is 5.69 Å². The molecule has 0 unspecified atom stereocenters. The van der Waals surface area contributed by atoms with E-state index in [4.69, 9.17) is 10.4 Å². The van der Waals surface area contributed by atoms with Crippen molar-refractivity contribution in [3.8, 4) is 11.3 Å². The van der Waals surface area contributed by atoms with Crippen LogP contribution in [-0.2, 0) is 0 Å². The summed E-state index contributed by atoms with van der Waals surface area (Å²) in [5.74, 6) is 0.451. The lowest BCUT2D eigenvalue weighted by molar-refractivity contribution is 0.411. The van der Waals surface area contributed by atoms with Gasteiger partial charge in [0.05, 0.1) is 17.8 Å². The van der Waals surface area contributed by atoms with Crippen LogP contribution < -0.4 is 4.90 Å². The maximum absolute atomic E-state index is 10.5. The van der Waals surface area contributed by atoms with Crippen molar-refractivity contribution < 1.29 is 5.11 Å². The number of rotatable bonds is 3. The SMILES string of the molecule is Cc1ccc(-c2csc(C3=C(O)CN(c4cccc(Br)c4)C3=N)n2)cc1C. The van der Waals surface area contributed by atoms with E-state index in [2.05, 4.69) is 48.0 Å². The summed E-state index contributed by atoms with van der Waals surface area (Å²) >= 11 is 4.91. The van der Waals surface area contributed by atoms with Crippen LogP contribution in [0, 0.1) is 19.3 Å². The lowest BCUT2D eigenvalue weighted by atomic mass is 10.1. The Labute approximate surface area is 170 Å². The molecule has 1 aliphatic heterocycles. The zero-order valence-electron chi connectivity index (χ0n) is 15.0. The van der Waals surface area contributed by atoms with E-state index >= 15 is 0 Å². The van der Waals surface area contributed by atoms with Crippen molar-refractivity contribution >= 4 is 44.4 Å². The number of hydrogen-bond acceptors (Lipinski definition) is 4. The first-order chi connectivity index (χ1) is 12.9. The Balaban J connectivity index is 1.66. The number of benzene rings is 2. The molecule has 6 heteroatoms. The van der Waals surface area contributed by atoms with Crippen LogP contribution in [0.1, 0.15) is 16.1 Å². The van der Waals surface area contributed by atoms with Gasteiger partial charge in [0.25, 0.3) is 0 Å². The number of thiazole rings is 1. The van der Waals surface area contributed by atoms with E-state index in [0.717, 1.165) is 21.4 Å². The van der Waals surface area contributed by atoms with E-state index < -0.39 is 0 Å². The number of amidine groups is 1. The maximum Gasteiger partial charge on any atom is 0.139 e. The van der Waals surface area contributed by atoms with Gasteiger partial charge in [-0.1, -0.05) is 34.1 Å². The molecule has 2 heterocycles. The van der Waals surface area contributed by atoms with Crippen molar-refractivity contribution in [3.63, 3.8) is 0 Å². The lowest BCUT2D eigenvalue weighted by Crippen LogP contribution is -2.25. The smallest absolute Gasteiger partial charge is 0.139 e. The lowest BCUT2D eigenvalue weighted by Gasteiger charge is -2.18. The quantitative estimate of drug-likeness (QED) is 0.529. The van der Waals surface area contributed by atoms with Gasteiger partial charge >= 0.3 is 0 Å². The van der Waals surface area contributed by atoms with E-state index in [1.165, 1.54) is 22.5 Å².